The molecule has 1 aliphatic carbocycles. The quantitative estimate of drug-likeness (QED) is 0.800. The van der Waals surface area contributed by atoms with Crippen LogP contribution in [0.3, 0.4) is 0 Å². The van der Waals surface area contributed by atoms with E-state index in [1.165, 1.54) is 11.1 Å². The first-order chi connectivity index (χ1) is 9.42. The molecule has 1 aliphatic heterocycles. The second-order valence-corrected chi connectivity index (χ2v) is 7.00. The van der Waals surface area contributed by atoms with Gasteiger partial charge in [0.15, 0.2) is 0 Å². The van der Waals surface area contributed by atoms with Crippen molar-refractivity contribution in [3.8, 4) is 0 Å². The van der Waals surface area contributed by atoms with Crippen LogP contribution in [-0.4, -0.2) is 26.6 Å². The van der Waals surface area contributed by atoms with E-state index in [1.54, 1.807) is 4.90 Å². The van der Waals surface area contributed by atoms with Crippen LogP contribution < -0.4 is 4.90 Å². The number of carbonyl (C=O) groups excluding carboxylic acids is 1. The number of hydrogen-bond acceptors (Lipinski definition) is 3. The molecule has 0 saturated carbocycles. The van der Waals surface area contributed by atoms with Crippen molar-refractivity contribution in [1.82, 2.24) is 0 Å². The standard InChI is InChI=1S/C14H16FNO3S/c15-20(18,19)9-10-6-14(17)16(8-10)13-5-4-11-2-1-3-12(11)7-13/h4-5,7,10H,1-3,6,8-9H2. The molecule has 1 unspecified atom stereocenters. The van der Waals surface area contributed by atoms with Crippen LogP contribution in [0.4, 0.5) is 9.57 Å². The van der Waals surface area contributed by atoms with Crippen molar-refractivity contribution in [3.05, 3.63) is 29.3 Å². The predicted molar refractivity (Wildman–Crippen MR) is 73.8 cm³/mol. The minimum Gasteiger partial charge on any atom is -0.312 e. The zero-order valence-electron chi connectivity index (χ0n) is 11.0. The topological polar surface area (TPSA) is 54.5 Å². The van der Waals surface area contributed by atoms with Gasteiger partial charge in [0, 0.05) is 24.6 Å². The first-order valence-electron chi connectivity index (χ1n) is 6.77. The fraction of sp³-hybridized carbons (Fsp3) is 0.500. The molecule has 0 N–H and O–H groups in total. The molecular formula is C14H16FNO3S. The summed E-state index contributed by atoms with van der Waals surface area (Å²) < 4.78 is 34.1. The number of fused-ring (bicyclic) bond motifs is 1. The van der Waals surface area contributed by atoms with Crippen molar-refractivity contribution in [1.29, 1.82) is 0 Å². The van der Waals surface area contributed by atoms with Crippen LogP contribution in [0.2, 0.25) is 0 Å². The van der Waals surface area contributed by atoms with E-state index in [4.69, 9.17) is 0 Å². The summed E-state index contributed by atoms with van der Waals surface area (Å²) in [5, 5.41) is 0. The molecule has 108 valence electrons. The maximum absolute atomic E-state index is 12.7. The van der Waals surface area contributed by atoms with Crippen LogP contribution in [-0.2, 0) is 27.9 Å². The number of anilines is 1. The summed E-state index contributed by atoms with van der Waals surface area (Å²) in [6.45, 7) is 0.279. The van der Waals surface area contributed by atoms with Gasteiger partial charge >= 0.3 is 10.2 Å². The fourth-order valence-electron chi connectivity index (χ4n) is 3.15. The van der Waals surface area contributed by atoms with E-state index in [9.17, 15) is 17.1 Å². The van der Waals surface area contributed by atoms with Crippen LogP contribution in [0.5, 0.6) is 0 Å². The minimum absolute atomic E-state index is 0.0975. The number of benzene rings is 1. The summed E-state index contributed by atoms with van der Waals surface area (Å²) in [6.07, 6.45) is 3.33. The highest BCUT2D eigenvalue weighted by atomic mass is 32.3. The van der Waals surface area contributed by atoms with Gasteiger partial charge in [-0.1, -0.05) is 6.07 Å². The van der Waals surface area contributed by atoms with Gasteiger partial charge in [-0.3, -0.25) is 4.79 Å². The highest BCUT2D eigenvalue weighted by molar-refractivity contribution is 7.86. The first-order valence-corrected chi connectivity index (χ1v) is 8.32. The van der Waals surface area contributed by atoms with E-state index < -0.39 is 21.9 Å². The zero-order valence-corrected chi connectivity index (χ0v) is 11.8. The Hall–Kier alpha value is -1.43. The SMILES string of the molecule is O=C1CC(CS(=O)(=O)F)CN1c1ccc2c(c1)CCC2. The second-order valence-electron chi connectivity index (χ2n) is 5.59. The third kappa shape index (κ3) is 2.70. The molecular weight excluding hydrogens is 281 g/mol. The summed E-state index contributed by atoms with van der Waals surface area (Å²) in [5.74, 6) is -1.15. The Labute approximate surface area is 117 Å². The Morgan fingerprint density at radius 2 is 2.00 bits per heavy atom. The average molecular weight is 297 g/mol. The lowest BCUT2D eigenvalue weighted by molar-refractivity contribution is -0.117. The van der Waals surface area contributed by atoms with Crippen molar-refractivity contribution in [2.24, 2.45) is 5.92 Å². The Bertz CT molecular complexity index is 656. The number of amides is 1. The average Bonchev–Trinajstić information content (AvgIpc) is 2.92. The number of halogens is 1. The van der Waals surface area contributed by atoms with Crippen molar-refractivity contribution < 1.29 is 17.1 Å². The molecule has 6 heteroatoms. The molecule has 0 bridgehead atoms. The Morgan fingerprint density at radius 1 is 1.25 bits per heavy atom. The van der Waals surface area contributed by atoms with Gasteiger partial charge in [-0.2, -0.15) is 8.42 Å². The van der Waals surface area contributed by atoms with Gasteiger partial charge in [-0.15, -0.1) is 3.89 Å². The molecule has 1 aromatic carbocycles. The zero-order chi connectivity index (χ0) is 14.3. The molecule has 1 fully saturated rings. The number of carbonyl (C=O) groups is 1. The maximum Gasteiger partial charge on any atom is 0.302 e. The van der Waals surface area contributed by atoms with Crippen molar-refractivity contribution in [3.63, 3.8) is 0 Å². The second kappa shape index (κ2) is 4.84. The molecule has 0 spiro atoms. The van der Waals surface area contributed by atoms with Crippen LogP contribution in [0, 0.1) is 5.92 Å². The van der Waals surface area contributed by atoms with Gasteiger partial charge in [-0.25, -0.2) is 0 Å². The van der Waals surface area contributed by atoms with E-state index in [1.807, 2.05) is 18.2 Å². The van der Waals surface area contributed by atoms with Crippen molar-refractivity contribution >= 4 is 21.8 Å². The smallest absolute Gasteiger partial charge is 0.302 e. The van der Waals surface area contributed by atoms with Crippen LogP contribution in [0.15, 0.2) is 18.2 Å². The van der Waals surface area contributed by atoms with E-state index in [0.717, 1.165) is 24.9 Å². The lowest BCUT2D eigenvalue weighted by Gasteiger charge is -2.17. The lowest BCUT2D eigenvalue weighted by Crippen LogP contribution is -2.25. The van der Waals surface area contributed by atoms with Gasteiger partial charge in [0.05, 0.1) is 5.75 Å². The molecule has 1 saturated heterocycles. The van der Waals surface area contributed by atoms with Crippen LogP contribution in [0.25, 0.3) is 0 Å². The molecule has 2 aliphatic rings. The van der Waals surface area contributed by atoms with Gasteiger partial charge < -0.3 is 4.90 Å². The molecule has 20 heavy (non-hydrogen) atoms. The maximum atomic E-state index is 12.7. The van der Waals surface area contributed by atoms with Crippen LogP contribution >= 0.6 is 0 Å². The molecule has 0 radical (unpaired) electrons. The summed E-state index contributed by atoms with van der Waals surface area (Å²) in [7, 11) is -4.53. The molecule has 4 nitrogen and oxygen atoms in total. The normalized spacial score (nSPS) is 22.4. The fourth-order valence-corrected chi connectivity index (χ4v) is 3.94. The first kappa shape index (κ1) is 13.5. The minimum atomic E-state index is -4.53. The lowest BCUT2D eigenvalue weighted by atomic mass is 10.1. The molecule has 1 aromatic rings. The molecule has 0 aromatic heterocycles. The Kier molecular flexibility index (Phi) is 3.28. The number of hydrogen-bond donors (Lipinski definition) is 0. The Morgan fingerprint density at radius 3 is 2.75 bits per heavy atom. The van der Waals surface area contributed by atoms with E-state index in [0.29, 0.717) is 0 Å². The highest BCUT2D eigenvalue weighted by Gasteiger charge is 2.33. The van der Waals surface area contributed by atoms with Gasteiger partial charge in [0.1, 0.15) is 0 Å². The summed E-state index contributed by atoms with van der Waals surface area (Å²) >= 11 is 0. The number of nitrogens with zero attached hydrogens (tertiary/aromatic N) is 1. The summed E-state index contributed by atoms with van der Waals surface area (Å²) in [6, 6.07) is 5.94. The van der Waals surface area contributed by atoms with E-state index in [-0.39, 0.29) is 18.9 Å². The monoisotopic (exact) mass is 297 g/mol. The van der Waals surface area contributed by atoms with Crippen LogP contribution in [0.1, 0.15) is 24.0 Å². The van der Waals surface area contributed by atoms with Crippen molar-refractivity contribution in [2.75, 3.05) is 17.2 Å². The number of aryl methyl sites for hydroxylation is 2. The van der Waals surface area contributed by atoms with E-state index >= 15 is 0 Å². The number of rotatable bonds is 3. The van der Waals surface area contributed by atoms with Gasteiger partial charge in [0.2, 0.25) is 5.91 Å². The molecule has 3 rings (SSSR count). The largest absolute Gasteiger partial charge is 0.312 e. The molecule has 1 heterocycles. The third-order valence-electron chi connectivity index (χ3n) is 4.03. The molecule has 1 atom stereocenters. The van der Waals surface area contributed by atoms with Gasteiger partial charge in [-0.05, 0) is 42.5 Å². The third-order valence-corrected chi connectivity index (χ3v) is 4.90. The molecule has 1 amide bonds. The predicted octanol–water partition coefficient (Wildman–Crippen LogP) is 1.83. The summed E-state index contributed by atoms with van der Waals surface area (Å²) in [5.41, 5.74) is 3.38. The summed E-state index contributed by atoms with van der Waals surface area (Å²) in [4.78, 5) is 13.6. The van der Waals surface area contributed by atoms with Crippen molar-refractivity contribution in [2.45, 2.75) is 25.7 Å². The van der Waals surface area contributed by atoms with E-state index in [2.05, 4.69) is 0 Å². The Balaban J connectivity index is 1.79. The van der Waals surface area contributed by atoms with Gasteiger partial charge in [0.25, 0.3) is 0 Å². The highest BCUT2D eigenvalue weighted by Crippen LogP contribution is 2.31.